The summed E-state index contributed by atoms with van der Waals surface area (Å²) in [4.78, 5) is 33.9. The normalized spacial score (nSPS) is 11.4. The van der Waals surface area contributed by atoms with Gasteiger partial charge in [-0.2, -0.15) is 0 Å². The molecule has 21 heavy (non-hydrogen) atoms. The Bertz CT molecular complexity index is 340. The van der Waals surface area contributed by atoms with E-state index in [-0.39, 0.29) is 0 Å². The molecular weight excluding hydrogens is 311 g/mol. The Balaban J connectivity index is 3.56. The van der Waals surface area contributed by atoms with Crippen molar-refractivity contribution in [2.75, 3.05) is 5.75 Å². The van der Waals surface area contributed by atoms with Crippen molar-refractivity contribution in [1.29, 1.82) is 0 Å². The summed E-state index contributed by atoms with van der Waals surface area (Å²) < 4.78 is 4.35. The van der Waals surface area contributed by atoms with Gasteiger partial charge in [-0.15, -0.1) is 15.6 Å². The van der Waals surface area contributed by atoms with Crippen molar-refractivity contribution >= 4 is 23.6 Å². The number of hydrogen-bond donors (Lipinski definition) is 3. The van der Waals surface area contributed by atoms with Crippen molar-refractivity contribution in [3.8, 4) is 0 Å². The number of carbonyl (C=O) groups is 1. The van der Waals surface area contributed by atoms with Crippen molar-refractivity contribution < 1.29 is 24.1 Å². The summed E-state index contributed by atoms with van der Waals surface area (Å²) >= 11 is 0. The minimum absolute atomic E-state index is 0.378. The lowest BCUT2D eigenvalue weighted by Gasteiger charge is -2.09. The van der Waals surface area contributed by atoms with Gasteiger partial charge in [0.25, 0.3) is 0 Å². The van der Waals surface area contributed by atoms with Crippen LogP contribution in [0, 0.1) is 0 Å². The van der Waals surface area contributed by atoms with Gasteiger partial charge in [-0.3, -0.25) is 4.89 Å². The zero-order chi connectivity index (χ0) is 16.0. The van der Waals surface area contributed by atoms with Crippen LogP contribution in [0.15, 0.2) is 12.7 Å². The maximum absolute atomic E-state index is 10.7. The SMILES string of the molecule is C=CC(=O)OOP(O)(O)=[SH]CCCCCCCCCCC. The Morgan fingerprint density at radius 3 is 2.14 bits per heavy atom. The summed E-state index contributed by atoms with van der Waals surface area (Å²) in [5.74, 6) is -0.205. The second-order valence-corrected chi connectivity index (χ2v) is 9.21. The lowest BCUT2D eigenvalue weighted by atomic mass is 10.1. The van der Waals surface area contributed by atoms with Crippen molar-refractivity contribution in [2.24, 2.45) is 0 Å². The predicted octanol–water partition coefficient (Wildman–Crippen LogP) is 3.66. The van der Waals surface area contributed by atoms with Gasteiger partial charge >= 0.3 is 12.7 Å². The largest absolute Gasteiger partial charge is 0.365 e. The van der Waals surface area contributed by atoms with Gasteiger partial charge in [0, 0.05) is 6.08 Å². The lowest BCUT2D eigenvalue weighted by molar-refractivity contribution is -0.211. The van der Waals surface area contributed by atoms with Crippen molar-refractivity contribution in [1.82, 2.24) is 0 Å². The highest BCUT2D eigenvalue weighted by molar-refractivity contribution is 8.16. The highest BCUT2D eigenvalue weighted by Gasteiger charge is 2.13. The van der Waals surface area contributed by atoms with Gasteiger partial charge in [-0.05, 0) is 12.2 Å². The maximum atomic E-state index is 10.7. The van der Waals surface area contributed by atoms with Crippen LogP contribution in [0.3, 0.4) is 0 Å². The van der Waals surface area contributed by atoms with Gasteiger partial charge < -0.3 is 9.79 Å². The van der Waals surface area contributed by atoms with Crippen LogP contribution in [0.4, 0.5) is 0 Å². The van der Waals surface area contributed by atoms with E-state index in [1.165, 1.54) is 44.9 Å². The average Bonchev–Trinajstić information content (AvgIpc) is 2.46. The number of carbonyl (C=O) groups excluding carboxylic acids is 1. The maximum Gasteiger partial charge on any atom is 0.365 e. The zero-order valence-electron chi connectivity index (χ0n) is 12.9. The Labute approximate surface area is 131 Å². The predicted molar refractivity (Wildman–Crippen MR) is 89.6 cm³/mol. The average molecular weight is 340 g/mol. The second kappa shape index (κ2) is 13.5. The molecule has 5 nitrogen and oxygen atoms in total. The van der Waals surface area contributed by atoms with E-state index in [4.69, 9.17) is 0 Å². The summed E-state index contributed by atoms with van der Waals surface area (Å²) in [7, 11) is 0.378. The van der Waals surface area contributed by atoms with Crippen LogP contribution in [-0.4, -0.2) is 21.5 Å². The molecule has 2 N–H and O–H groups in total. The first-order chi connectivity index (χ1) is 10.0. The molecule has 0 aliphatic heterocycles. The molecule has 0 rings (SSSR count). The first kappa shape index (κ1) is 20.9. The number of thiol groups is 1. The summed E-state index contributed by atoms with van der Waals surface area (Å²) in [6, 6.07) is 0. The molecular formula is C14H29O5PS. The number of hydrogen-bond acceptors (Lipinski definition) is 3. The molecule has 0 aliphatic rings. The van der Waals surface area contributed by atoms with Crippen molar-refractivity contribution in [3.05, 3.63) is 12.7 Å². The van der Waals surface area contributed by atoms with Crippen LogP contribution in [0.1, 0.15) is 64.7 Å². The minimum Gasteiger partial charge on any atom is -0.326 e. The second-order valence-electron chi connectivity index (χ2n) is 4.89. The van der Waals surface area contributed by atoms with Crippen LogP contribution in [0.2, 0.25) is 0 Å². The van der Waals surface area contributed by atoms with Gasteiger partial charge in [-0.1, -0.05) is 64.9 Å². The van der Waals surface area contributed by atoms with Gasteiger partial charge in [0.1, 0.15) is 0 Å². The van der Waals surface area contributed by atoms with E-state index >= 15 is 0 Å². The van der Waals surface area contributed by atoms with Crippen LogP contribution in [-0.2, 0) is 25.3 Å². The minimum atomic E-state index is -3.60. The number of unbranched alkanes of at least 4 members (excludes halogenated alkanes) is 8. The van der Waals surface area contributed by atoms with Crippen LogP contribution in [0.25, 0.3) is 0 Å². The van der Waals surface area contributed by atoms with Gasteiger partial charge in [0.05, 0.1) is 0 Å². The Kier molecular flexibility index (Phi) is 13.4. The Morgan fingerprint density at radius 2 is 1.62 bits per heavy atom. The summed E-state index contributed by atoms with van der Waals surface area (Å²) in [5, 5.41) is 0. The van der Waals surface area contributed by atoms with Crippen molar-refractivity contribution in [3.63, 3.8) is 0 Å². The third-order valence-electron chi connectivity index (χ3n) is 2.93. The Hall–Kier alpha value is -0.130. The highest BCUT2D eigenvalue weighted by Crippen LogP contribution is 2.39. The highest BCUT2D eigenvalue weighted by atomic mass is 32.5. The fourth-order valence-corrected chi connectivity index (χ4v) is 4.06. The fraction of sp³-hybridized carbons (Fsp3) is 0.786. The van der Waals surface area contributed by atoms with E-state index in [1.807, 2.05) is 0 Å². The Morgan fingerprint density at radius 1 is 1.10 bits per heavy atom. The molecule has 0 amide bonds. The van der Waals surface area contributed by atoms with Crippen LogP contribution < -0.4 is 0 Å². The monoisotopic (exact) mass is 340 g/mol. The molecule has 0 aromatic rings. The third kappa shape index (κ3) is 14.6. The van der Waals surface area contributed by atoms with E-state index in [1.54, 1.807) is 0 Å². The molecule has 0 saturated carbocycles. The fourth-order valence-electron chi connectivity index (χ4n) is 1.77. The van der Waals surface area contributed by atoms with E-state index in [0.717, 1.165) is 18.9 Å². The smallest absolute Gasteiger partial charge is 0.326 e. The standard InChI is InChI=1S/C14H29O5PS/c1-3-5-6-7-8-9-10-11-12-13-21-20(16,17)19-18-14(15)4-2/h4,16-17,21H,2-3,5-13H2,1H3. The molecule has 0 aliphatic carbocycles. The third-order valence-corrected chi connectivity index (χ3v) is 6.00. The number of rotatable bonds is 13. The van der Waals surface area contributed by atoms with E-state index in [0.29, 0.717) is 16.7 Å². The van der Waals surface area contributed by atoms with Crippen LogP contribution in [0.5, 0.6) is 0 Å². The molecule has 7 heteroatoms. The van der Waals surface area contributed by atoms with Crippen LogP contribution >= 0.6 is 6.72 Å². The summed E-state index contributed by atoms with van der Waals surface area (Å²) in [5.41, 5.74) is 0. The summed E-state index contributed by atoms with van der Waals surface area (Å²) in [6.07, 6.45) is 11.8. The first-order valence-electron chi connectivity index (χ1n) is 7.58. The lowest BCUT2D eigenvalue weighted by Crippen LogP contribution is -2.01. The molecule has 0 spiro atoms. The quantitative estimate of drug-likeness (QED) is 0.119. The van der Waals surface area contributed by atoms with Crippen molar-refractivity contribution in [2.45, 2.75) is 64.7 Å². The molecule has 0 radical (unpaired) electrons. The molecule has 126 valence electrons. The van der Waals surface area contributed by atoms with E-state index in [9.17, 15) is 14.6 Å². The molecule has 0 unspecified atom stereocenters. The molecule has 0 heterocycles. The zero-order valence-corrected chi connectivity index (χ0v) is 14.7. The topological polar surface area (TPSA) is 76.0 Å². The molecule has 0 atom stereocenters. The molecule has 0 fully saturated rings. The summed E-state index contributed by atoms with van der Waals surface area (Å²) in [6.45, 7) is 1.79. The van der Waals surface area contributed by atoms with Gasteiger partial charge in [0.2, 0.25) is 0 Å². The molecule has 0 aromatic carbocycles. The molecule has 0 saturated heterocycles. The molecule has 0 bridgehead atoms. The molecule has 0 aromatic heterocycles. The van der Waals surface area contributed by atoms with Gasteiger partial charge in [0.15, 0.2) is 0 Å². The first-order valence-corrected chi connectivity index (χ1v) is 11.0. The van der Waals surface area contributed by atoms with E-state index in [2.05, 4.69) is 23.1 Å². The van der Waals surface area contributed by atoms with Gasteiger partial charge in [-0.25, -0.2) is 4.79 Å². The van der Waals surface area contributed by atoms with E-state index < -0.39 is 12.7 Å².